The normalized spacial score (nSPS) is 16.8. The molecule has 0 aliphatic carbocycles. The summed E-state index contributed by atoms with van der Waals surface area (Å²) in [5.41, 5.74) is 0.224. The topological polar surface area (TPSA) is 55.8 Å². The lowest BCUT2D eigenvalue weighted by Crippen LogP contribution is -2.25. The molecule has 0 amide bonds. The van der Waals surface area contributed by atoms with Crippen LogP contribution in [0, 0.1) is 0 Å². The van der Waals surface area contributed by atoms with Crippen molar-refractivity contribution < 1.29 is 19.4 Å². The zero-order valence-corrected chi connectivity index (χ0v) is 10.8. The first-order chi connectivity index (χ1) is 8.15. The largest absolute Gasteiger partial charge is 0.490 e. The van der Waals surface area contributed by atoms with Gasteiger partial charge in [-0.15, -0.1) is 0 Å². The summed E-state index contributed by atoms with van der Waals surface area (Å²) in [6.45, 7) is 1.40. The summed E-state index contributed by atoms with van der Waals surface area (Å²) in [5, 5.41) is 8.94. The molecule has 92 valence electrons. The molecule has 2 rings (SSSR count). The van der Waals surface area contributed by atoms with Crippen molar-refractivity contribution in [2.75, 3.05) is 13.2 Å². The Morgan fingerprint density at radius 1 is 1.35 bits per heavy atom. The highest BCUT2D eigenvalue weighted by Crippen LogP contribution is 2.24. The Labute approximate surface area is 108 Å². The average molecular weight is 301 g/mol. The van der Waals surface area contributed by atoms with Crippen LogP contribution < -0.4 is 4.74 Å². The van der Waals surface area contributed by atoms with Crippen molar-refractivity contribution in [1.29, 1.82) is 0 Å². The number of ether oxygens (including phenoxy) is 2. The van der Waals surface area contributed by atoms with E-state index in [2.05, 4.69) is 15.9 Å². The molecule has 0 saturated carbocycles. The van der Waals surface area contributed by atoms with Crippen LogP contribution in [0.5, 0.6) is 5.75 Å². The summed E-state index contributed by atoms with van der Waals surface area (Å²) in [5.74, 6) is -0.369. The van der Waals surface area contributed by atoms with Crippen LogP contribution in [-0.2, 0) is 4.74 Å². The molecule has 5 heteroatoms. The summed E-state index contributed by atoms with van der Waals surface area (Å²) in [6, 6.07) is 4.88. The summed E-state index contributed by atoms with van der Waals surface area (Å²) in [4.78, 5) is 10.9. The van der Waals surface area contributed by atoms with Crippen LogP contribution in [0.1, 0.15) is 23.2 Å². The molecule has 1 aromatic carbocycles. The Morgan fingerprint density at radius 3 is 2.71 bits per heavy atom. The zero-order valence-electron chi connectivity index (χ0n) is 9.19. The Morgan fingerprint density at radius 2 is 2.06 bits per heavy atom. The van der Waals surface area contributed by atoms with Gasteiger partial charge in [0.05, 0.1) is 18.8 Å². The second-order valence-corrected chi connectivity index (χ2v) is 4.83. The molecular formula is C12H13BrO4. The summed E-state index contributed by atoms with van der Waals surface area (Å²) < 4.78 is 11.7. The second kappa shape index (κ2) is 5.51. The van der Waals surface area contributed by atoms with E-state index < -0.39 is 5.97 Å². The minimum Gasteiger partial charge on any atom is -0.490 e. The quantitative estimate of drug-likeness (QED) is 0.932. The lowest BCUT2D eigenvalue weighted by Gasteiger charge is -2.23. The molecule has 1 aliphatic heterocycles. The fourth-order valence-electron chi connectivity index (χ4n) is 1.74. The fraction of sp³-hybridized carbons (Fsp3) is 0.417. The van der Waals surface area contributed by atoms with Gasteiger partial charge in [0.15, 0.2) is 0 Å². The van der Waals surface area contributed by atoms with Crippen molar-refractivity contribution in [3.8, 4) is 5.75 Å². The number of carbonyl (C=O) groups is 1. The van der Waals surface area contributed by atoms with Crippen LogP contribution in [0.3, 0.4) is 0 Å². The van der Waals surface area contributed by atoms with Crippen LogP contribution in [0.2, 0.25) is 0 Å². The molecule has 1 aromatic rings. The van der Waals surface area contributed by atoms with Crippen LogP contribution in [0.25, 0.3) is 0 Å². The van der Waals surface area contributed by atoms with E-state index in [1.54, 1.807) is 18.2 Å². The summed E-state index contributed by atoms with van der Waals surface area (Å²) in [7, 11) is 0. The first kappa shape index (κ1) is 12.4. The SMILES string of the molecule is O=C(O)c1cc(Br)cc(OC2CCOCC2)c1. The number of carboxylic acid groups (broad SMARTS) is 1. The monoisotopic (exact) mass is 300 g/mol. The lowest BCUT2D eigenvalue weighted by atomic mass is 10.1. The predicted molar refractivity (Wildman–Crippen MR) is 65.6 cm³/mol. The third-order valence-electron chi connectivity index (χ3n) is 2.59. The van der Waals surface area contributed by atoms with Gasteiger partial charge in [0.2, 0.25) is 0 Å². The van der Waals surface area contributed by atoms with Crippen molar-refractivity contribution >= 4 is 21.9 Å². The van der Waals surface area contributed by atoms with E-state index in [-0.39, 0.29) is 11.7 Å². The molecule has 1 N–H and O–H groups in total. The molecule has 0 radical (unpaired) electrons. The molecule has 1 fully saturated rings. The number of hydrogen-bond acceptors (Lipinski definition) is 3. The number of halogens is 1. The van der Waals surface area contributed by atoms with Crippen LogP contribution in [0.15, 0.2) is 22.7 Å². The van der Waals surface area contributed by atoms with Crippen molar-refractivity contribution in [2.24, 2.45) is 0 Å². The molecule has 1 heterocycles. The van der Waals surface area contributed by atoms with Gasteiger partial charge in [0, 0.05) is 17.3 Å². The highest BCUT2D eigenvalue weighted by atomic mass is 79.9. The van der Waals surface area contributed by atoms with Gasteiger partial charge in [-0.2, -0.15) is 0 Å². The molecule has 0 spiro atoms. The minimum atomic E-state index is -0.955. The van der Waals surface area contributed by atoms with Crippen molar-refractivity contribution in [3.05, 3.63) is 28.2 Å². The predicted octanol–water partition coefficient (Wildman–Crippen LogP) is 2.71. The Kier molecular flexibility index (Phi) is 4.02. The number of benzene rings is 1. The van der Waals surface area contributed by atoms with E-state index in [0.717, 1.165) is 12.8 Å². The summed E-state index contributed by atoms with van der Waals surface area (Å²) in [6.07, 6.45) is 1.80. The molecule has 1 aliphatic rings. The Bertz CT molecular complexity index is 413. The standard InChI is InChI=1S/C12H13BrO4/c13-9-5-8(12(14)15)6-11(7-9)17-10-1-3-16-4-2-10/h5-7,10H,1-4H2,(H,14,15). The lowest BCUT2D eigenvalue weighted by molar-refractivity contribution is 0.0254. The molecule has 0 aromatic heterocycles. The smallest absolute Gasteiger partial charge is 0.335 e. The average Bonchev–Trinajstić information content (AvgIpc) is 2.29. The Hall–Kier alpha value is -1.07. The van der Waals surface area contributed by atoms with Gasteiger partial charge < -0.3 is 14.6 Å². The van der Waals surface area contributed by atoms with Gasteiger partial charge >= 0.3 is 5.97 Å². The third-order valence-corrected chi connectivity index (χ3v) is 3.05. The minimum absolute atomic E-state index is 0.111. The first-order valence-corrected chi connectivity index (χ1v) is 6.23. The van der Waals surface area contributed by atoms with E-state index in [4.69, 9.17) is 14.6 Å². The van der Waals surface area contributed by atoms with Crippen LogP contribution in [0.4, 0.5) is 0 Å². The molecule has 17 heavy (non-hydrogen) atoms. The van der Waals surface area contributed by atoms with E-state index >= 15 is 0 Å². The summed E-state index contributed by atoms with van der Waals surface area (Å²) >= 11 is 3.28. The van der Waals surface area contributed by atoms with Gasteiger partial charge in [0.25, 0.3) is 0 Å². The molecular weight excluding hydrogens is 288 g/mol. The maximum Gasteiger partial charge on any atom is 0.335 e. The highest BCUT2D eigenvalue weighted by Gasteiger charge is 2.16. The van der Waals surface area contributed by atoms with E-state index in [9.17, 15) is 4.79 Å². The van der Waals surface area contributed by atoms with Gasteiger partial charge in [0.1, 0.15) is 11.9 Å². The highest BCUT2D eigenvalue weighted by molar-refractivity contribution is 9.10. The van der Waals surface area contributed by atoms with Crippen molar-refractivity contribution in [1.82, 2.24) is 0 Å². The molecule has 0 atom stereocenters. The number of rotatable bonds is 3. The number of hydrogen-bond donors (Lipinski definition) is 1. The van der Waals surface area contributed by atoms with E-state index in [1.165, 1.54) is 0 Å². The fourth-order valence-corrected chi connectivity index (χ4v) is 2.21. The third kappa shape index (κ3) is 3.44. The molecule has 0 bridgehead atoms. The molecule has 4 nitrogen and oxygen atoms in total. The van der Waals surface area contributed by atoms with Gasteiger partial charge in [-0.25, -0.2) is 4.79 Å². The molecule has 0 unspecified atom stereocenters. The van der Waals surface area contributed by atoms with Crippen LogP contribution >= 0.6 is 15.9 Å². The zero-order chi connectivity index (χ0) is 12.3. The Balaban J connectivity index is 2.11. The van der Waals surface area contributed by atoms with Crippen molar-refractivity contribution in [3.63, 3.8) is 0 Å². The van der Waals surface area contributed by atoms with Crippen LogP contribution in [-0.4, -0.2) is 30.4 Å². The maximum atomic E-state index is 10.9. The first-order valence-electron chi connectivity index (χ1n) is 5.43. The maximum absolute atomic E-state index is 10.9. The second-order valence-electron chi connectivity index (χ2n) is 3.91. The van der Waals surface area contributed by atoms with Gasteiger partial charge in [-0.1, -0.05) is 15.9 Å². The molecule has 1 saturated heterocycles. The van der Waals surface area contributed by atoms with E-state index in [1.807, 2.05) is 0 Å². The number of aromatic carboxylic acids is 1. The van der Waals surface area contributed by atoms with Crippen molar-refractivity contribution in [2.45, 2.75) is 18.9 Å². The van der Waals surface area contributed by atoms with Gasteiger partial charge in [-0.05, 0) is 18.2 Å². The van der Waals surface area contributed by atoms with Gasteiger partial charge in [-0.3, -0.25) is 0 Å². The van der Waals surface area contributed by atoms with E-state index in [0.29, 0.717) is 23.4 Å². The number of carboxylic acids is 1.